The van der Waals surface area contributed by atoms with Crippen LogP contribution in [0.2, 0.25) is 0 Å². The van der Waals surface area contributed by atoms with Crippen molar-refractivity contribution in [3.05, 3.63) is 35.4 Å². The van der Waals surface area contributed by atoms with E-state index in [1.807, 2.05) is 12.1 Å². The second-order valence-corrected chi connectivity index (χ2v) is 6.75. The van der Waals surface area contributed by atoms with E-state index in [-0.39, 0.29) is 18.8 Å². The predicted molar refractivity (Wildman–Crippen MR) is 90.0 cm³/mol. The van der Waals surface area contributed by atoms with Gasteiger partial charge in [-0.25, -0.2) is 0 Å². The number of ether oxygens (including phenoxy) is 3. The Balaban J connectivity index is 2.00. The maximum absolute atomic E-state index is 9.14. The first-order chi connectivity index (χ1) is 11.1. The Hall–Kier alpha value is -0.940. The van der Waals surface area contributed by atoms with Crippen LogP contribution in [-0.4, -0.2) is 37.8 Å². The lowest BCUT2D eigenvalue weighted by Gasteiger charge is -2.44. The largest absolute Gasteiger partial charge is 0.392 e. The highest BCUT2D eigenvalue weighted by molar-refractivity contribution is 5.22. The molecule has 1 aliphatic rings. The number of methoxy groups -OCH3 is 1. The monoisotopic (exact) mass is 322 g/mol. The summed E-state index contributed by atoms with van der Waals surface area (Å²) in [5.41, 5.74) is 2.19. The van der Waals surface area contributed by atoms with Crippen molar-refractivity contribution >= 4 is 0 Å². The molecule has 0 saturated carbocycles. The Morgan fingerprint density at radius 3 is 2.17 bits per heavy atom. The summed E-state index contributed by atoms with van der Waals surface area (Å²) in [5, 5.41) is 9.14. The van der Waals surface area contributed by atoms with Crippen molar-refractivity contribution in [3.63, 3.8) is 0 Å². The van der Waals surface area contributed by atoms with Gasteiger partial charge in [0.2, 0.25) is 0 Å². The van der Waals surface area contributed by atoms with E-state index in [0.717, 1.165) is 12.0 Å². The fraction of sp³-hybridized carbons (Fsp3) is 0.684. The predicted octanol–water partition coefficient (Wildman–Crippen LogP) is 3.02. The summed E-state index contributed by atoms with van der Waals surface area (Å²) >= 11 is 0. The highest BCUT2D eigenvalue weighted by Gasteiger charge is 2.38. The summed E-state index contributed by atoms with van der Waals surface area (Å²) in [6.07, 6.45) is 1.19. The minimum absolute atomic E-state index is 0.0874. The normalized spacial score (nSPS) is 31.3. The van der Waals surface area contributed by atoms with E-state index in [1.165, 1.54) is 5.56 Å². The third-order valence-electron chi connectivity index (χ3n) is 5.31. The van der Waals surface area contributed by atoms with E-state index in [2.05, 4.69) is 32.9 Å². The van der Waals surface area contributed by atoms with Crippen LogP contribution in [-0.2, 0) is 27.2 Å². The van der Waals surface area contributed by atoms with Gasteiger partial charge in [-0.15, -0.1) is 0 Å². The fourth-order valence-electron chi connectivity index (χ4n) is 3.31. The van der Waals surface area contributed by atoms with E-state index in [4.69, 9.17) is 19.3 Å². The highest BCUT2D eigenvalue weighted by Crippen LogP contribution is 2.36. The number of aliphatic hydroxyl groups excluding tert-OH is 1. The third kappa shape index (κ3) is 4.77. The van der Waals surface area contributed by atoms with Crippen molar-refractivity contribution in [1.82, 2.24) is 0 Å². The molecule has 0 amide bonds. The lowest BCUT2D eigenvalue weighted by atomic mass is 9.75. The molecule has 23 heavy (non-hydrogen) atoms. The number of benzene rings is 1. The van der Waals surface area contributed by atoms with Crippen molar-refractivity contribution in [3.8, 4) is 0 Å². The van der Waals surface area contributed by atoms with Crippen LogP contribution in [0.3, 0.4) is 0 Å². The maximum atomic E-state index is 9.14. The Bertz CT molecular complexity index is 459. The molecular weight excluding hydrogens is 292 g/mol. The molecule has 5 atom stereocenters. The molecule has 0 bridgehead atoms. The van der Waals surface area contributed by atoms with E-state index >= 15 is 0 Å². The molecule has 0 aromatic heterocycles. The summed E-state index contributed by atoms with van der Waals surface area (Å²) in [7, 11) is 1.63. The van der Waals surface area contributed by atoms with Gasteiger partial charge in [-0.1, -0.05) is 45.0 Å². The zero-order valence-corrected chi connectivity index (χ0v) is 14.7. The van der Waals surface area contributed by atoms with Crippen molar-refractivity contribution in [2.24, 2.45) is 17.8 Å². The minimum atomic E-state index is 0.0874. The maximum Gasteiger partial charge on any atom is 0.146 e. The van der Waals surface area contributed by atoms with E-state index in [1.54, 1.807) is 7.11 Å². The standard InChI is InChI=1S/C19H30O4/c1-13-14(2)18(9-16-5-7-17(10-20)8-6-16)23-19(15(13)3)11-22-12-21-4/h5-8,13-15,18-20H,9-12H2,1-4H3/t13-,14?,15-,18+,19?/m1/s1. The summed E-state index contributed by atoms with van der Waals surface area (Å²) in [4.78, 5) is 0. The Kier molecular flexibility index (Phi) is 7.03. The fourth-order valence-corrected chi connectivity index (χ4v) is 3.31. The Labute approximate surface area is 139 Å². The molecule has 1 fully saturated rings. The average molecular weight is 322 g/mol. The van der Waals surface area contributed by atoms with Gasteiger partial charge >= 0.3 is 0 Å². The van der Waals surface area contributed by atoms with Gasteiger partial charge in [0.25, 0.3) is 0 Å². The lowest BCUT2D eigenvalue weighted by molar-refractivity contribution is -0.168. The zero-order valence-electron chi connectivity index (χ0n) is 14.7. The average Bonchev–Trinajstić information content (AvgIpc) is 2.57. The first-order valence-corrected chi connectivity index (χ1v) is 8.47. The molecule has 0 spiro atoms. The van der Waals surface area contributed by atoms with Crippen LogP contribution in [0.1, 0.15) is 31.9 Å². The zero-order chi connectivity index (χ0) is 16.8. The summed E-state index contributed by atoms with van der Waals surface area (Å²) < 4.78 is 16.9. The van der Waals surface area contributed by atoms with E-state index in [0.29, 0.717) is 31.2 Å². The molecule has 0 aliphatic carbocycles. The molecule has 130 valence electrons. The summed E-state index contributed by atoms with van der Waals surface area (Å²) in [6, 6.07) is 8.13. The molecule has 4 nitrogen and oxygen atoms in total. The SMILES string of the molecule is COCOCC1O[C@@H](Cc2ccc(CO)cc2)C(C)[C@@H](C)[C@H]1C. The topological polar surface area (TPSA) is 47.9 Å². The summed E-state index contributed by atoms with van der Waals surface area (Å²) in [6.45, 7) is 7.80. The van der Waals surface area contributed by atoms with Crippen LogP contribution >= 0.6 is 0 Å². The van der Waals surface area contributed by atoms with Gasteiger partial charge in [-0.05, 0) is 35.3 Å². The first-order valence-electron chi connectivity index (χ1n) is 8.47. The van der Waals surface area contributed by atoms with Crippen molar-refractivity contribution in [2.75, 3.05) is 20.5 Å². The quantitative estimate of drug-likeness (QED) is 0.619. The van der Waals surface area contributed by atoms with Crippen LogP contribution in [0.25, 0.3) is 0 Å². The molecule has 1 saturated heterocycles. The number of hydrogen-bond donors (Lipinski definition) is 1. The van der Waals surface area contributed by atoms with Crippen LogP contribution in [0, 0.1) is 17.8 Å². The van der Waals surface area contributed by atoms with Gasteiger partial charge in [0.15, 0.2) is 0 Å². The van der Waals surface area contributed by atoms with Crippen molar-refractivity contribution in [1.29, 1.82) is 0 Å². The minimum Gasteiger partial charge on any atom is -0.392 e. The molecule has 2 unspecified atom stereocenters. The Morgan fingerprint density at radius 1 is 0.957 bits per heavy atom. The molecule has 1 aromatic rings. The second kappa shape index (κ2) is 8.78. The molecule has 1 aliphatic heterocycles. The second-order valence-electron chi connectivity index (χ2n) is 6.75. The van der Waals surface area contributed by atoms with Crippen molar-refractivity contribution < 1.29 is 19.3 Å². The van der Waals surface area contributed by atoms with Gasteiger partial charge in [0.05, 0.1) is 25.4 Å². The molecule has 4 heteroatoms. The van der Waals surface area contributed by atoms with Crippen LogP contribution in [0.15, 0.2) is 24.3 Å². The molecule has 2 rings (SSSR count). The molecular formula is C19H30O4. The number of rotatable bonds is 7. The number of hydrogen-bond acceptors (Lipinski definition) is 4. The van der Waals surface area contributed by atoms with Gasteiger partial charge in [0.1, 0.15) is 6.79 Å². The van der Waals surface area contributed by atoms with E-state index in [9.17, 15) is 0 Å². The van der Waals surface area contributed by atoms with E-state index < -0.39 is 0 Å². The lowest BCUT2D eigenvalue weighted by Crippen LogP contribution is -2.47. The summed E-state index contributed by atoms with van der Waals surface area (Å²) in [5.74, 6) is 1.55. The van der Waals surface area contributed by atoms with Gasteiger partial charge in [-0.3, -0.25) is 0 Å². The number of aliphatic hydroxyl groups is 1. The molecule has 1 N–H and O–H groups in total. The van der Waals surface area contributed by atoms with Crippen LogP contribution < -0.4 is 0 Å². The van der Waals surface area contributed by atoms with Gasteiger partial charge in [0, 0.05) is 7.11 Å². The highest BCUT2D eigenvalue weighted by atomic mass is 16.7. The van der Waals surface area contributed by atoms with Crippen LogP contribution in [0.5, 0.6) is 0 Å². The van der Waals surface area contributed by atoms with Gasteiger partial charge < -0.3 is 19.3 Å². The molecule has 1 aromatic carbocycles. The van der Waals surface area contributed by atoms with Crippen molar-refractivity contribution in [2.45, 2.75) is 46.0 Å². The third-order valence-corrected chi connectivity index (χ3v) is 5.31. The van der Waals surface area contributed by atoms with Gasteiger partial charge in [-0.2, -0.15) is 0 Å². The Morgan fingerprint density at radius 2 is 1.57 bits per heavy atom. The first kappa shape index (κ1) is 18.4. The molecule has 1 heterocycles. The molecule has 0 radical (unpaired) electrons. The smallest absolute Gasteiger partial charge is 0.146 e. The van der Waals surface area contributed by atoms with Crippen LogP contribution in [0.4, 0.5) is 0 Å².